The number of hydrogen-bond acceptors (Lipinski definition) is 5. The molecule has 1 N–H and O–H groups in total. The van der Waals surface area contributed by atoms with E-state index in [0.717, 1.165) is 42.9 Å². The number of benzene rings is 1. The van der Waals surface area contributed by atoms with Crippen LogP contribution in [0.15, 0.2) is 36.7 Å². The van der Waals surface area contributed by atoms with Gasteiger partial charge < -0.3 is 9.64 Å². The molecule has 7 heteroatoms. The molecular weight excluding hydrogens is 330 g/mol. The molecule has 2 aromatic heterocycles. The van der Waals surface area contributed by atoms with E-state index in [4.69, 9.17) is 4.74 Å². The predicted octanol–water partition coefficient (Wildman–Crippen LogP) is 2.77. The van der Waals surface area contributed by atoms with Crippen LogP contribution < -0.4 is 4.74 Å². The summed E-state index contributed by atoms with van der Waals surface area (Å²) in [5, 5.41) is 7.31. The monoisotopic (exact) mass is 351 g/mol. The van der Waals surface area contributed by atoms with Crippen molar-refractivity contribution in [3.8, 4) is 5.75 Å². The number of rotatable bonds is 4. The standard InChI is InChI=1S/C19H21N5O2/c1-2-26-15-5-3-14(4-6-15)19(25)24-11-7-13(8-12-24)16-17-18(23-22-16)21-10-9-20-17/h3-6,9-10,13H,2,7-8,11-12H2,1H3,(H,21,22,23). The van der Waals surface area contributed by atoms with Crippen molar-refractivity contribution in [2.75, 3.05) is 19.7 Å². The van der Waals surface area contributed by atoms with Crippen molar-refractivity contribution in [3.63, 3.8) is 0 Å². The molecule has 1 aliphatic heterocycles. The lowest BCUT2D eigenvalue weighted by Gasteiger charge is -2.31. The first-order valence-corrected chi connectivity index (χ1v) is 8.93. The number of nitrogens with one attached hydrogen (secondary N) is 1. The number of carbonyl (C=O) groups is 1. The minimum absolute atomic E-state index is 0.0701. The maximum absolute atomic E-state index is 12.7. The summed E-state index contributed by atoms with van der Waals surface area (Å²) in [5.41, 5.74) is 3.21. The fourth-order valence-corrected chi connectivity index (χ4v) is 3.47. The molecule has 3 aromatic rings. The van der Waals surface area contributed by atoms with E-state index in [1.165, 1.54) is 0 Å². The Morgan fingerprint density at radius 3 is 2.65 bits per heavy atom. The number of amides is 1. The van der Waals surface area contributed by atoms with Crippen LogP contribution in [0.3, 0.4) is 0 Å². The maximum atomic E-state index is 12.7. The Morgan fingerprint density at radius 1 is 1.19 bits per heavy atom. The number of hydrogen-bond donors (Lipinski definition) is 1. The Kier molecular flexibility index (Phi) is 4.51. The third-order valence-corrected chi connectivity index (χ3v) is 4.82. The lowest BCUT2D eigenvalue weighted by Crippen LogP contribution is -2.38. The number of fused-ring (bicyclic) bond motifs is 1. The highest BCUT2D eigenvalue weighted by Gasteiger charge is 2.27. The topological polar surface area (TPSA) is 84.0 Å². The molecule has 1 aromatic carbocycles. The molecule has 0 unspecified atom stereocenters. The van der Waals surface area contributed by atoms with E-state index in [1.54, 1.807) is 12.4 Å². The third kappa shape index (κ3) is 3.12. The summed E-state index contributed by atoms with van der Waals surface area (Å²) < 4.78 is 5.43. The fourth-order valence-electron chi connectivity index (χ4n) is 3.47. The van der Waals surface area contributed by atoms with E-state index < -0.39 is 0 Å². The highest BCUT2D eigenvalue weighted by molar-refractivity contribution is 5.94. The van der Waals surface area contributed by atoms with Gasteiger partial charge >= 0.3 is 0 Å². The number of aromatic nitrogens is 4. The summed E-state index contributed by atoms with van der Waals surface area (Å²) in [4.78, 5) is 23.2. The van der Waals surface area contributed by atoms with Crippen LogP contribution in [-0.4, -0.2) is 50.7 Å². The third-order valence-electron chi connectivity index (χ3n) is 4.82. The first-order valence-electron chi connectivity index (χ1n) is 8.93. The van der Waals surface area contributed by atoms with Gasteiger partial charge in [0.15, 0.2) is 5.65 Å². The van der Waals surface area contributed by atoms with Crippen molar-refractivity contribution in [1.82, 2.24) is 25.1 Å². The second kappa shape index (κ2) is 7.11. The highest BCUT2D eigenvalue weighted by atomic mass is 16.5. The smallest absolute Gasteiger partial charge is 0.253 e. The first-order chi connectivity index (χ1) is 12.8. The van der Waals surface area contributed by atoms with Gasteiger partial charge in [-0.1, -0.05) is 0 Å². The average Bonchev–Trinajstić information content (AvgIpc) is 3.13. The van der Waals surface area contributed by atoms with E-state index in [2.05, 4.69) is 20.2 Å². The zero-order valence-corrected chi connectivity index (χ0v) is 14.7. The fraction of sp³-hybridized carbons (Fsp3) is 0.368. The summed E-state index contributed by atoms with van der Waals surface area (Å²) in [6, 6.07) is 7.35. The number of likely N-dealkylation sites (tertiary alicyclic amines) is 1. The van der Waals surface area contributed by atoms with E-state index in [9.17, 15) is 4.79 Å². The van der Waals surface area contributed by atoms with Crippen molar-refractivity contribution in [3.05, 3.63) is 47.9 Å². The Morgan fingerprint density at radius 2 is 1.92 bits per heavy atom. The molecule has 1 aliphatic rings. The molecule has 1 saturated heterocycles. The number of aromatic amines is 1. The number of piperidine rings is 1. The van der Waals surface area contributed by atoms with Crippen molar-refractivity contribution >= 4 is 17.1 Å². The van der Waals surface area contributed by atoms with Crippen LogP contribution in [0.5, 0.6) is 5.75 Å². The van der Waals surface area contributed by atoms with Gasteiger partial charge in [0.1, 0.15) is 11.3 Å². The minimum Gasteiger partial charge on any atom is -0.494 e. The predicted molar refractivity (Wildman–Crippen MR) is 97.2 cm³/mol. The van der Waals surface area contributed by atoms with Crippen LogP contribution in [0.4, 0.5) is 0 Å². The van der Waals surface area contributed by atoms with Crippen LogP contribution in [0, 0.1) is 0 Å². The van der Waals surface area contributed by atoms with Crippen molar-refractivity contribution < 1.29 is 9.53 Å². The van der Waals surface area contributed by atoms with Crippen LogP contribution in [0.1, 0.15) is 41.7 Å². The van der Waals surface area contributed by atoms with Crippen molar-refractivity contribution in [1.29, 1.82) is 0 Å². The highest BCUT2D eigenvalue weighted by Crippen LogP contribution is 2.30. The molecule has 0 bridgehead atoms. The zero-order valence-electron chi connectivity index (χ0n) is 14.7. The number of ether oxygens (including phenoxy) is 1. The minimum atomic E-state index is 0.0701. The summed E-state index contributed by atoms with van der Waals surface area (Å²) in [6.07, 6.45) is 5.10. The van der Waals surface area contributed by atoms with Gasteiger partial charge in [0.05, 0.1) is 12.3 Å². The Bertz CT molecular complexity index is 898. The number of nitrogens with zero attached hydrogens (tertiary/aromatic N) is 4. The normalized spacial score (nSPS) is 15.3. The molecule has 134 valence electrons. The number of carbonyl (C=O) groups excluding carboxylic acids is 1. The number of H-pyrrole nitrogens is 1. The van der Waals surface area contributed by atoms with Gasteiger partial charge in [-0.05, 0) is 44.0 Å². The van der Waals surface area contributed by atoms with Crippen LogP contribution in [0.2, 0.25) is 0 Å². The Labute approximate surface area is 151 Å². The van der Waals surface area contributed by atoms with Crippen LogP contribution in [0.25, 0.3) is 11.2 Å². The van der Waals surface area contributed by atoms with E-state index in [0.29, 0.717) is 23.7 Å². The molecule has 0 atom stereocenters. The second-order valence-corrected chi connectivity index (χ2v) is 6.39. The summed E-state index contributed by atoms with van der Waals surface area (Å²) in [6.45, 7) is 4.00. The quantitative estimate of drug-likeness (QED) is 0.781. The van der Waals surface area contributed by atoms with Crippen LogP contribution >= 0.6 is 0 Å². The lowest BCUT2D eigenvalue weighted by atomic mass is 9.92. The lowest BCUT2D eigenvalue weighted by molar-refractivity contribution is 0.0712. The molecule has 0 saturated carbocycles. The van der Waals surface area contributed by atoms with Gasteiger partial charge in [-0.3, -0.25) is 9.89 Å². The summed E-state index contributed by atoms with van der Waals surface area (Å²) in [5.74, 6) is 1.18. The van der Waals surface area contributed by atoms with E-state index in [1.807, 2.05) is 36.1 Å². The molecule has 26 heavy (non-hydrogen) atoms. The molecule has 0 aliphatic carbocycles. The molecule has 7 nitrogen and oxygen atoms in total. The van der Waals surface area contributed by atoms with Gasteiger partial charge in [-0.2, -0.15) is 5.10 Å². The van der Waals surface area contributed by atoms with Gasteiger partial charge in [-0.15, -0.1) is 0 Å². The first kappa shape index (κ1) is 16.5. The molecular formula is C19H21N5O2. The van der Waals surface area contributed by atoms with E-state index >= 15 is 0 Å². The molecule has 1 amide bonds. The molecule has 1 fully saturated rings. The van der Waals surface area contributed by atoms with Gasteiger partial charge in [-0.25, -0.2) is 9.97 Å². The zero-order chi connectivity index (χ0) is 17.9. The van der Waals surface area contributed by atoms with Gasteiger partial charge in [0.2, 0.25) is 0 Å². The Hall–Kier alpha value is -2.96. The maximum Gasteiger partial charge on any atom is 0.253 e. The largest absolute Gasteiger partial charge is 0.494 e. The second-order valence-electron chi connectivity index (χ2n) is 6.39. The van der Waals surface area contributed by atoms with Crippen LogP contribution in [-0.2, 0) is 0 Å². The molecule has 0 radical (unpaired) electrons. The Balaban J connectivity index is 1.42. The summed E-state index contributed by atoms with van der Waals surface area (Å²) >= 11 is 0. The summed E-state index contributed by atoms with van der Waals surface area (Å²) in [7, 11) is 0. The average molecular weight is 351 g/mol. The van der Waals surface area contributed by atoms with Gasteiger partial charge in [0.25, 0.3) is 5.91 Å². The van der Waals surface area contributed by atoms with Crippen molar-refractivity contribution in [2.24, 2.45) is 0 Å². The molecule has 4 rings (SSSR count). The van der Waals surface area contributed by atoms with Gasteiger partial charge in [0, 0.05) is 37.0 Å². The molecule has 3 heterocycles. The SMILES string of the molecule is CCOc1ccc(C(=O)N2CCC(c3[nH]nc4nccnc34)CC2)cc1. The molecule has 0 spiro atoms. The van der Waals surface area contributed by atoms with E-state index in [-0.39, 0.29) is 5.91 Å². The van der Waals surface area contributed by atoms with Crippen molar-refractivity contribution in [2.45, 2.75) is 25.7 Å².